The summed E-state index contributed by atoms with van der Waals surface area (Å²) in [6.07, 6.45) is 4.53. The smallest absolute Gasteiger partial charge is 0.338 e. The topological polar surface area (TPSA) is 53.7 Å². The Kier molecular flexibility index (Phi) is 4.30. The number of likely N-dealkylation sites (tertiary alicyclic amines) is 1. The number of halogens is 1. The minimum Gasteiger partial charge on any atom is -0.478 e. The predicted molar refractivity (Wildman–Crippen MR) is 86.7 cm³/mol. The van der Waals surface area contributed by atoms with Crippen LogP contribution in [0, 0.1) is 0 Å². The van der Waals surface area contributed by atoms with Gasteiger partial charge in [-0.25, -0.2) is 4.79 Å². The van der Waals surface area contributed by atoms with Crippen molar-refractivity contribution in [2.45, 2.75) is 38.3 Å². The second kappa shape index (κ2) is 6.07. The molecule has 0 amide bonds. The van der Waals surface area contributed by atoms with Crippen LogP contribution < -0.4 is 0 Å². The molecule has 3 rings (SSSR count). The SMILES string of the molecule is CC1(Cc2cc(Cl)cs2)CCCN1Cc1cc(C(=O)O)co1. The number of rotatable bonds is 5. The summed E-state index contributed by atoms with van der Waals surface area (Å²) in [4.78, 5) is 14.6. The first kappa shape index (κ1) is 15.6. The molecule has 0 radical (unpaired) electrons. The molecule has 0 spiro atoms. The normalized spacial score (nSPS) is 22.3. The van der Waals surface area contributed by atoms with Crippen LogP contribution in [0.2, 0.25) is 5.02 Å². The third kappa shape index (κ3) is 3.21. The quantitative estimate of drug-likeness (QED) is 0.882. The van der Waals surface area contributed by atoms with Crippen LogP contribution in [0.15, 0.2) is 28.2 Å². The van der Waals surface area contributed by atoms with E-state index in [0.717, 1.165) is 30.8 Å². The van der Waals surface area contributed by atoms with E-state index in [1.807, 2.05) is 11.4 Å². The van der Waals surface area contributed by atoms with Gasteiger partial charge in [-0.15, -0.1) is 11.3 Å². The van der Waals surface area contributed by atoms with E-state index in [1.165, 1.54) is 11.1 Å². The third-order valence-corrected chi connectivity index (χ3v) is 5.62. The Morgan fingerprint density at radius 3 is 3.00 bits per heavy atom. The van der Waals surface area contributed by atoms with E-state index in [9.17, 15) is 4.79 Å². The van der Waals surface area contributed by atoms with Crippen molar-refractivity contribution in [1.29, 1.82) is 0 Å². The summed E-state index contributed by atoms with van der Waals surface area (Å²) in [5.41, 5.74) is 0.269. The molecule has 1 N–H and O–H groups in total. The van der Waals surface area contributed by atoms with E-state index in [-0.39, 0.29) is 11.1 Å². The van der Waals surface area contributed by atoms with Gasteiger partial charge in [-0.3, -0.25) is 4.90 Å². The van der Waals surface area contributed by atoms with Crippen molar-refractivity contribution < 1.29 is 14.3 Å². The summed E-state index contributed by atoms with van der Waals surface area (Å²) in [5, 5.41) is 11.7. The molecule has 2 aromatic heterocycles. The summed E-state index contributed by atoms with van der Waals surface area (Å²) < 4.78 is 5.39. The van der Waals surface area contributed by atoms with Gasteiger partial charge in [0.05, 0.1) is 17.1 Å². The molecular formula is C16H18ClNO3S. The molecule has 2 aromatic rings. The Morgan fingerprint density at radius 2 is 2.36 bits per heavy atom. The first-order chi connectivity index (χ1) is 10.5. The van der Waals surface area contributed by atoms with Crippen molar-refractivity contribution in [3.63, 3.8) is 0 Å². The second-order valence-electron chi connectivity index (χ2n) is 6.04. The van der Waals surface area contributed by atoms with Crippen molar-refractivity contribution in [3.05, 3.63) is 45.0 Å². The summed E-state index contributed by atoms with van der Waals surface area (Å²) in [6, 6.07) is 3.65. The van der Waals surface area contributed by atoms with Crippen LogP contribution in [0.4, 0.5) is 0 Å². The fourth-order valence-electron chi connectivity index (χ4n) is 3.13. The maximum Gasteiger partial charge on any atom is 0.338 e. The number of nitrogens with zero attached hydrogens (tertiary/aromatic N) is 1. The van der Waals surface area contributed by atoms with E-state index in [2.05, 4.69) is 11.8 Å². The van der Waals surface area contributed by atoms with E-state index >= 15 is 0 Å². The molecule has 0 bridgehead atoms. The third-order valence-electron chi connectivity index (χ3n) is 4.33. The molecular weight excluding hydrogens is 322 g/mol. The lowest BCUT2D eigenvalue weighted by Crippen LogP contribution is -2.42. The van der Waals surface area contributed by atoms with Crippen molar-refractivity contribution in [2.75, 3.05) is 6.54 Å². The Balaban J connectivity index is 1.72. The number of furan rings is 1. The summed E-state index contributed by atoms with van der Waals surface area (Å²) in [6.45, 7) is 3.90. The van der Waals surface area contributed by atoms with Crippen LogP contribution in [0.25, 0.3) is 0 Å². The van der Waals surface area contributed by atoms with Crippen molar-refractivity contribution in [2.24, 2.45) is 0 Å². The molecule has 1 aliphatic rings. The molecule has 1 aliphatic heterocycles. The molecule has 1 unspecified atom stereocenters. The average Bonchev–Trinajstić information content (AvgIpc) is 3.14. The number of carboxylic acid groups (broad SMARTS) is 1. The van der Waals surface area contributed by atoms with Gasteiger partial charge >= 0.3 is 5.97 Å². The number of carboxylic acids is 1. The van der Waals surface area contributed by atoms with Crippen LogP contribution in [-0.2, 0) is 13.0 Å². The molecule has 1 saturated heterocycles. The molecule has 6 heteroatoms. The van der Waals surface area contributed by atoms with Gasteiger partial charge < -0.3 is 9.52 Å². The number of carbonyl (C=O) groups is 1. The highest BCUT2D eigenvalue weighted by Crippen LogP contribution is 2.35. The molecule has 118 valence electrons. The highest BCUT2D eigenvalue weighted by atomic mass is 35.5. The zero-order chi connectivity index (χ0) is 15.7. The molecule has 1 fully saturated rings. The fraction of sp³-hybridized carbons (Fsp3) is 0.438. The maximum atomic E-state index is 10.9. The van der Waals surface area contributed by atoms with Gasteiger partial charge in [-0.2, -0.15) is 0 Å². The van der Waals surface area contributed by atoms with Gasteiger partial charge in [0.1, 0.15) is 12.0 Å². The van der Waals surface area contributed by atoms with E-state index < -0.39 is 5.97 Å². The summed E-state index contributed by atoms with van der Waals surface area (Å²) >= 11 is 7.71. The summed E-state index contributed by atoms with van der Waals surface area (Å²) in [7, 11) is 0. The Labute approximate surface area is 138 Å². The molecule has 0 aromatic carbocycles. The largest absolute Gasteiger partial charge is 0.478 e. The van der Waals surface area contributed by atoms with Gasteiger partial charge in [0.2, 0.25) is 0 Å². The standard InChI is InChI=1S/C16H18ClNO3S/c1-16(7-14-6-12(17)10-22-14)3-2-4-18(16)8-13-5-11(9-21-13)15(19)20/h5-6,9-10H,2-4,7-8H2,1H3,(H,19,20). The van der Waals surface area contributed by atoms with Crippen molar-refractivity contribution in [1.82, 2.24) is 4.90 Å². The lowest BCUT2D eigenvalue weighted by Gasteiger charge is -2.34. The molecule has 22 heavy (non-hydrogen) atoms. The van der Waals surface area contributed by atoms with E-state index in [0.29, 0.717) is 12.3 Å². The number of hydrogen-bond acceptors (Lipinski definition) is 4. The van der Waals surface area contributed by atoms with Gasteiger partial charge in [-0.05, 0) is 44.9 Å². The predicted octanol–water partition coefficient (Wildman–Crippen LogP) is 4.29. The van der Waals surface area contributed by atoms with Crippen LogP contribution in [0.5, 0.6) is 0 Å². The Hall–Kier alpha value is -1.30. The zero-order valence-corrected chi connectivity index (χ0v) is 13.9. The van der Waals surface area contributed by atoms with E-state index in [1.54, 1.807) is 17.4 Å². The lowest BCUT2D eigenvalue weighted by molar-refractivity contribution is 0.0696. The van der Waals surface area contributed by atoms with Crippen LogP contribution in [0.3, 0.4) is 0 Å². The Morgan fingerprint density at radius 1 is 1.55 bits per heavy atom. The molecule has 3 heterocycles. The van der Waals surface area contributed by atoms with Gasteiger partial charge in [0, 0.05) is 15.8 Å². The van der Waals surface area contributed by atoms with Crippen LogP contribution in [-0.4, -0.2) is 28.1 Å². The number of aromatic carboxylic acids is 1. The first-order valence-corrected chi connectivity index (χ1v) is 8.51. The van der Waals surface area contributed by atoms with Crippen molar-refractivity contribution in [3.8, 4) is 0 Å². The first-order valence-electron chi connectivity index (χ1n) is 7.25. The molecule has 0 aliphatic carbocycles. The molecule has 1 atom stereocenters. The highest BCUT2D eigenvalue weighted by Gasteiger charge is 2.37. The van der Waals surface area contributed by atoms with Gasteiger partial charge in [-0.1, -0.05) is 11.6 Å². The van der Waals surface area contributed by atoms with Gasteiger partial charge in [0.15, 0.2) is 0 Å². The van der Waals surface area contributed by atoms with Crippen molar-refractivity contribution >= 4 is 28.9 Å². The minimum atomic E-state index is -0.951. The molecule has 0 saturated carbocycles. The average molecular weight is 340 g/mol. The Bertz CT molecular complexity index is 680. The monoisotopic (exact) mass is 339 g/mol. The minimum absolute atomic E-state index is 0.0599. The molecule has 4 nitrogen and oxygen atoms in total. The zero-order valence-electron chi connectivity index (χ0n) is 12.3. The maximum absolute atomic E-state index is 10.9. The number of hydrogen-bond donors (Lipinski definition) is 1. The highest BCUT2D eigenvalue weighted by molar-refractivity contribution is 7.10. The van der Waals surface area contributed by atoms with Crippen LogP contribution >= 0.6 is 22.9 Å². The summed E-state index contributed by atoms with van der Waals surface area (Å²) in [5.74, 6) is -0.248. The fourth-order valence-corrected chi connectivity index (χ4v) is 4.39. The second-order valence-corrected chi connectivity index (χ2v) is 7.47. The van der Waals surface area contributed by atoms with Crippen LogP contribution in [0.1, 0.15) is 40.8 Å². The van der Waals surface area contributed by atoms with Gasteiger partial charge in [0.25, 0.3) is 0 Å². The lowest BCUT2D eigenvalue weighted by atomic mass is 9.93. The number of thiophene rings is 1. The van der Waals surface area contributed by atoms with E-state index in [4.69, 9.17) is 21.1 Å².